The third-order valence-corrected chi connectivity index (χ3v) is 5.26. The molecule has 0 saturated carbocycles. The standard InChI is InChI=1S/C21H28FN3O2/c1-16-5-2-3-13-25(16)14-4-12-23-20(26)11-8-18-15-24-27-21(18)17-6-9-19(22)10-7-17/h6-7,9-10,15-16H,2-5,8,11-14H2,1H3,(H,23,26). The number of benzene rings is 1. The Morgan fingerprint density at radius 2 is 2.15 bits per heavy atom. The lowest BCUT2D eigenvalue weighted by Gasteiger charge is -2.33. The fourth-order valence-electron chi connectivity index (χ4n) is 3.61. The number of nitrogens with one attached hydrogen (secondary N) is 1. The van der Waals surface area contributed by atoms with Gasteiger partial charge in [0.15, 0.2) is 5.76 Å². The third kappa shape index (κ3) is 5.63. The van der Waals surface area contributed by atoms with Crippen molar-refractivity contribution in [3.63, 3.8) is 0 Å². The molecule has 1 atom stereocenters. The number of piperidine rings is 1. The number of rotatable bonds is 8. The van der Waals surface area contributed by atoms with E-state index in [-0.39, 0.29) is 11.7 Å². The largest absolute Gasteiger partial charge is 0.356 e. The molecule has 146 valence electrons. The van der Waals surface area contributed by atoms with Gasteiger partial charge in [0, 0.05) is 36.7 Å². The highest BCUT2D eigenvalue weighted by atomic mass is 19.1. The lowest BCUT2D eigenvalue weighted by Crippen LogP contribution is -2.39. The summed E-state index contributed by atoms with van der Waals surface area (Å²) in [4.78, 5) is 14.6. The van der Waals surface area contributed by atoms with Crippen molar-refractivity contribution in [2.75, 3.05) is 19.6 Å². The van der Waals surface area contributed by atoms with Gasteiger partial charge >= 0.3 is 0 Å². The van der Waals surface area contributed by atoms with Gasteiger partial charge in [0.25, 0.3) is 0 Å². The van der Waals surface area contributed by atoms with E-state index < -0.39 is 0 Å². The van der Waals surface area contributed by atoms with Crippen LogP contribution in [0.1, 0.15) is 44.6 Å². The van der Waals surface area contributed by atoms with E-state index in [2.05, 4.69) is 22.3 Å². The number of aryl methyl sites for hydroxylation is 1. The van der Waals surface area contributed by atoms with E-state index in [0.717, 1.165) is 24.1 Å². The van der Waals surface area contributed by atoms with Gasteiger partial charge in [-0.1, -0.05) is 11.6 Å². The van der Waals surface area contributed by atoms with Gasteiger partial charge in [0.05, 0.1) is 6.20 Å². The van der Waals surface area contributed by atoms with E-state index in [9.17, 15) is 9.18 Å². The number of likely N-dealkylation sites (tertiary alicyclic amines) is 1. The summed E-state index contributed by atoms with van der Waals surface area (Å²) in [6.45, 7) is 5.21. The maximum atomic E-state index is 13.1. The van der Waals surface area contributed by atoms with Crippen molar-refractivity contribution in [3.8, 4) is 11.3 Å². The van der Waals surface area contributed by atoms with E-state index in [1.807, 2.05) is 0 Å². The zero-order valence-electron chi connectivity index (χ0n) is 15.9. The molecule has 1 saturated heterocycles. The molecular formula is C21H28FN3O2. The van der Waals surface area contributed by atoms with Crippen LogP contribution in [0.15, 0.2) is 35.0 Å². The molecule has 1 N–H and O–H groups in total. The summed E-state index contributed by atoms with van der Waals surface area (Å²) in [6, 6.07) is 6.74. The number of hydrogen-bond donors (Lipinski definition) is 1. The van der Waals surface area contributed by atoms with Crippen LogP contribution in [0.4, 0.5) is 4.39 Å². The zero-order valence-corrected chi connectivity index (χ0v) is 15.9. The number of hydrogen-bond acceptors (Lipinski definition) is 4. The number of carbonyl (C=O) groups is 1. The Morgan fingerprint density at radius 1 is 1.33 bits per heavy atom. The molecule has 5 nitrogen and oxygen atoms in total. The molecule has 1 aromatic carbocycles. The van der Waals surface area contributed by atoms with Gasteiger partial charge in [-0.3, -0.25) is 4.79 Å². The summed E-state index contributed by atoms with van der Waals surface area (Å²) in [5, 5.41) is 6.83. The molecule has 0 aliphatic carbocycles. The van der Waals surface area contributed by atoms with Crippen LogP contribution in [0.3, 0.4) is 0 Å². The van der Waals surface area contributed by atoms with Gasteiger partial charge in [-0.2, -0.15) is 0 Å². The number of halogens is 1. The molecule has 0 bridgehead atoms. The van der Waals surface area contributed by atoms with Crippen molar-refractivity contribution >= 4 is 5.91 Å². The first-order valence-corrected chi connectivity index (χ1v) is 9.83. The first-order valence-electron chi connectivity index (χ1n) is 9.83. The highest BCUT2D eigenvalue weighted by Crippen LogP contribution is 2.24. The maximum absolute atomic E-state index is 13.1. The molecule has 1 unspecified atom stereocenters. The average Bonchev–Trinajstić information content (AvgIpc) is 3.14. The number of carbonyl (C=O) groups excluding carboxylic acids is 1. The van der Waals surface area contributed by atoms with Crippen molar-refractivity contribution in [2.24, 2.45) is 0 Å². The predicted octanol–water partition coefficient (Wildman–Crippen LogP) is 3.79. The lowest BCUT2D eigenvalue weighted by molar-refractivity contribution is -0.121. The SMILES string of the molecule is CC1CCCCN1CCCNC(=O)CCc1cnoc1-c1ccc(F)cc1. The minimum atomic E-state index is -0.293. The summed E-state index contributed by atoms with van der Waals surface area (Å²) < 4.78 is 18.4. The van der Waals surface area contributed by atoms with Crippen LogP contribution in [0.2, 0.25) is 0 Å². The number of nitrogens with zero attached hydrogens (tertiary/aromatic N) is 2. The van der Waals surface area contributed by atoms with Crippen molar-refractivity contribution in [2.45, 2.75) is 51.5 Å². The lowest BCUT2D eigenvalue weighted by atomic mass is 10.0. The van der Waals surface area contributed by atoms with Crippen molar-refractivity contribution in [3.05, 3.63) is 41.8 Å². The van der Waals surface area contributed by atoms with E-state index in [0.29, 0.717) is 31.2 Å². The van der Waals surface area contributed by atoms with Crippen LogP contribution in [-0.4, -0.2) is 41.6 Å². The smallest absolute Gasteiger partial charge is 0.220 e. The van der Waals surface area contributed by atoms with E-state index in [4.69, 9.17) is 4.52 Å². The van der Waals surface area contributed by atoms with Gasteiger partial charge in [-0.05, 0) is 63.4 Å². The highest BCUT2D eigenvalue weighted by Gasteiger charge is 2.17. The second-order valence-corrected chi connectivity index (χ2v) is 7.27. The van der Waals surface area contributed by atoms with Crippen molar-refractivity contribution in [1.82, 2.24) is 15.4 Å². The monoisotopic (exact) mass is 373 g/mol. The molecule has 1 fully saturated rings. The summed E-state index contributed by atoms with van der Waals surface area (Å²) in [6.07, 6.45) is 7.43. The minimum Gasteiger partial charge on any atom is -0.356 e. The Labute approximate surface area is 159 Å². The average molecular weight is 373 g/mol. The highest BCUT2D eigenvalue weighted by molar-refractivity contribution is 5.76. The Bertz CT molecular complexity index is 729. The van der Waals surface area contributed by atoms with Gasteiger partial charge < -0.3 is 14.7 Å². The molecule has 0 radical (unpaired) electrons. The van der Waals surface area contributed by atoms with Crippen molar-refractivity contribution in [1.29, 1.82) is 0 Å². The van der Waals surface area contributed by atoms with Gasteiger partial charge in [0.2, 0.25) is 5.91 Å². The predicted molar refractivity (Wildman–Crippen MR) is 103 cm³/mol. The first kappa shape index (κ1) is 19.5. The summed E-state index contributed by atoms with van der Waals surface area (Å²) in [5.74, 6) is 0.341. The number of amides is 1. The molecule has 1 aliphatic heterocycles. The summed E-state index contributed by atoms with van der Waals surface area (Å²) in [5.41, 5.74) is 1.62. The first-order chi connectivity index (χ1) is 13.1. The van der Waals surface area contributed by atoms with Crippen LogP contribution in [0.25, 0.3) is 11.3 Å². The second-order valence-electron chi connectivity index (χ2n) is 7.27. The molecule has 3 rings (SSSR count). The Hall–Kier alpha value is -2.21. The van der Waals surface area contributed by atoms with E-state index >= 15 is 0 Å². The zero-order chi connectivity index (χ0) is 19.1. The molecule has 27 heavy (non-hydrogen) atoms. The summed E-state index contributed by atoms with van der Waals surface area (Å²) in [7, 11) is 0. The molecule has 1 aliphatic rings. The van der Waals surface area contributed by atoms with Crippen LogP contribution >= 0.6 is 0 Å². The Kier molecular flexibility index (Phi) is 6.98. The fraction of sp³-hybridized carbons (Fsp3) is 0.524. The van der Waals surface area contributed by atoms with Gasteiger partial charge in [-0.15, -0.1) is 0 Å². The van der Waals surface area contributed by atoms with Gasteiger partial charge in [-0.25, -0.2) is 4.39 Å². The van der Waals surface area contributed by atoms with E-state index in [1.165, 1.54) is 37.9 Å². The molecule has 2 heterocycles. The molecular weight excluding hydrogens is 345 g/mol. The molecule has 6 heteroatoms. The maximum Gasteiger partial charge on any atom is 0.220 e. The summed E-state index contributed by atoms with van der Waals surface area (Å²) >= 11 is 0. The molecule has 1 aromatic heterocycles. The number of aromatic nitrogens is 1. The third-order valence-electron chi connectivity index (χ3n) is 5.26. The van der Waals surface area contributed by atoms with Crippen LogP contribution in [-0.2, 0) is 11.2 Å². The molecule has 1 amide bonds. The van der Waals surface area contributed by atoms with Crippen LogP contribution in [0.5, 0.6) is 0 Å². The topological polar surface area (TPSA) is 58.4 Å². The Morgan fingerprint density at radius 3 is 2.93 bits per heavy atom. The quantitative estimate of drug-likeness (QED) is 0.715. The minimum absolute atomic E-state index is 0.0351. The normalized spacial score (nSPS) is 17.8. The second kappa shape index (κ2) is 9.65. The van der Waals surface area contributed by atoms with E-state index in [1.54, 1.807) is 18.3 Å². The van der Waals surface area contributed by atoms with Crippen molar-refractivity contribution < 1.29 is 13.7 Å². The van der Waals surface area contributed by atoms with Gasteiger partial charge in [0.1, 0.15) is 5.82 Å². The van der Waals surface area contributed by atoms with Crippen LogP contribution < -0.4 is 5.32 Å². The molecule has 0 spiro atoms. The fourth-order valence-corrected chi connectivity index (χ4v) is 3.61. The molecule has 2 aromatic rings. The Balaban J connectivity index is 1.39. The van der Waals surface area contributed by atoms with Crippen LogP contribution in [0, 0.1) is 5.82 Å².